The third-order valence-electron chi connectivity index (χ3n) is 2.83. The molecule has 92 valence electrons. The van der Waals surface area contributed by atoms with Gasteiger partial charge in [0.1, 0.15) is 0 Å². The molecule has 0 aliphatic heterocycles. The molecule has 0 amide bonds. The Morgan fingerprint density at radius 2 is 1.79 bits per heavy atom. The molecule has 0 saturated heterocycles. The summed E-state index contributed by atoms with van der Waals surface area (Å²) >= 11 is 6.03. The molecule has 3 aromatic rings. The summed E-state index contributed by atoms with van der Waals surface area (Å²) in [5, 5.41) is 1.46. The average molecular weight is 269 g/mol. The lowest BCUT2D eigenvalue weighted by Gasteiger charge is -2.06. The van der Waals surface area contributed by atoms with Crippen LogP contribution in [-0.2, 0) is 0 Å². The Morgan fingerprint density at radius 1 is 1.00 bits per heavy atom. The van der Waals surface area contributed by atoms with Gasteiger partial charge in [-0.05, 0) is 18.2 Å². The van der Waals surface area contributed by atoms with E-state index < -0.39 is 0 Å². The number of carbonyl (C=O) groups excluding carboxylic acids is 1. The number of aldehydes is 1. The first-order valence-electron chi connectivity index (χ1n) is 5.76. The molecule has 0 aliphatic rings. The molecule has 0 radical (unpaired) electrons. The summed E-state index contributed by atoms with van der Waals surface area (Å²) in [6.07, 6.45) is 0.653. The molecule has 2 aromatic carbocycles. The van der Waals surface area contributed by atoms with Crippen LogP contribution in [0.3, 0.4) is 0 Å². The zero-order chi connectivity index (χ0) is 13.2. The van der Waals surface area contributed by atoms with Crippen molar-refractivity contribution in [2.45, 2.75) is 0 Å². The summed E-state index contributed by atoms with van der Waals surface area (Å²) < 4.78 is 0. The molecular weight excluding hydrogens is 260 g/mol. The van der Waals surface area contributed by atoms with Gasteiger partial charge in [-0.1, -0.05) is 41.9 Å². The van der Waals surface area contributed by atoms with Gasteiger partial charge in [0, 0.05) is 16.0 Å². The zero-order valence-electron chi connectivity index (χ0n) is 9.88. The minimum absolute atomic E-state index is 0.175. The van der Waals surface area contributed by atoms with Crippen LogP contribution in [0.4, 0.5) is 0 Å². The van der Waals surface area contributed by atoms with E-state index in [1.165, 1.54) is 0 Å². The molecule has 0 spiro atoms. The highest BCUT2D eigenvalue weighted by molar-refractivity contribution is 6.31. The SMILES string of the molecule is O=Cc1nc(-c2ccccc2)c2cc(Cl)ccc2n1. The number of rotatable bonds is 2. The van der Waals surface area contributed by atoms with E-state index in [4.69, 9.17) is 11.6 Å². The number of benzene rings is 2. The number of fused-ring (bicyclic) bond motifs is 1. The molecule has 0 aliphatic carbocycles. The summed E-state index contributed by atoms with van der Waals surface area (Å²) in [5.41, 5.74) is 2.36. The largest absolute Gasteiger partial charge is 0.294 e. The van der Waals surface area contributed by atoms with Gasteiger partial charge in [0.25, 0.3) is 0 Å². The lowest BCUT2D eigenvalue weighted by molar-refractivity contribution is 0.111. The summed E-state index contributed by atoms with van der Waals surface area (Å²) in [6.45, 7) is 0. The Morgan fingerprint density at radius 3 is 2.53 bits per heavy atom. The summed E-state index contributed by atoms with van der Waals surface area (Å²) in [5.74, 6) is 0.175. The minimum Gasteiger partial charge on any atom is -0.294 e. The molecule has 4 heteroatoms. The lowest BCUT2D eigenvalue weighted by Crippen LogP contribution is -1.97. The topological polar surface area (TPSA) is 42.9 Å². The van der Waals surface area contributed by atoms with E-state index >= 15 is 0 Å². The highest BCUT2D eigenvalue weighted by Gasteiger charge is 2.09. The predicted molar refractivity (Wildman–Crippen MR) is 75.4 cm³/mol. The Bertz CT molecular complexity index is 757. The number of hydrogen-bond donors (Lipinski definition) is 0. The third-order valence-corrected chi connectivity index (χ3v) is 3.06. The Hall–Kier alpha value is -2.26. The zero-order valence-corrected chi connectivity index (χ0v) is 10.6. The molecule has 0 atom stereocenters. The first-order valence-corrected chi connectivity index (χ1v) is 6.13. The van der Waals surface area contributed by atoms with Crippen LogP contribution < -0.4 is 0 Å². The van der Waals surface area contributed by atoms with E-state index in [0.717, 1.165) is 16.6 Å². The molecular formula is C15H9ClN2O. The van der Waals surface area contributed by atoms with Crippen LogP contribution in [0, 0.1) is 0 Å². The van der Waals surface area contributed by atoms with E-state index in [1.54, 1.807) is 12.1 Å². The number of halogens is 1. The van der Waals surface area contributed by atoms with Crippen LogP contribution in [0.25, 0.3) is 22.2 Å². The number of carbonyl (C=O) groups is 1. The van der Waals surface area contributed by atoms with Gasteiger partial charge < -0.3 is 0 Å². The predicted octanol–water partition coefficient (Wildman–Crippen LogP) is 3.76. The Labute approximate surface area is 114 Å². The maximum absolute atomic E-state index is 10.9. The van der Waals surface area contributed by atoms with Crippen LogP contribution >= 0.6 is 11.6 Å². The molecule has 1 heterocycles. The fourth-order valence-electron chi connectivity index (χ4n) is 1.99. The molecule has 0 fully saturated rings. The van der Waals surface area contributed by atoms with E-state index in [-0.39, 0.29) is 5.82 Å². The van der Waals surface area contributed by atoms with Crippen LogP contribution in [0.5, 0.6) is 0 Å². The van der Waals surface area contributed by atoms with Gasteiger partial charge in [0.2, 0.25) is 0 Å². The van der Waals surface area contributed by atoms with E-state index in [9.17, 15) is 4.79 Å². The molecule has 3 rings (SSSR count). The fourth-order valence-corrected chi connectivity index (χ4v) is 2.16. The molecule has 0 unspecified atom stereocenters. The van der Waals surface area contributed by atoms with Crippen molar-refractivity contribution >= 4 is 28.8 Å². The highest BCUT2D eigenvalue weighted by atomic mass is 35.5. The Kier molecular flexibility index (Phi) is 2.97. The van der Waals surface area contributed by atoms with Crippen molar-refractivity contribution in [1.82, 2.24) is 9.97 Å². The number of hydrogen-bond acceptors (Lipinski definition) is 3. The summed E-state index contributed by atoms with van der Waals surface area (Å²) in [7, 11) is 0. The normalized spacial score (nSPS) is 10.6. The van der Waals surface area contributed by atoms with Crippen molar-refractivity contribution in [2.75, 3.05) is 0 Å². The molecule has 3 nitrogen and oxygen atoms in total. The van der Waals surface area contributed by atoms with Gasteiger partial charge in [0.15, 0.2) is 12.1 Å². The number of aromatic nitrogens is 2. The van der Waals surface area contributed by atoms with Gasteiger partial charge in [-0.25, -0.2) is 9.97 Å². The number of nitrogens with zero attached hydrogens (tertiary/aromatic N) is 2. The van der Waals surface area contributed by atoms with Gasteiger partial charge >= 0.3 is 0 Å². The summed E-state index contributed by atoms with van der Waals surface area (Å²) in [6, 6.07) is 15.0. The third kappa shape index (κ3) is 2.20. The molecule has 1 aromatic heterocycles. The average Bonchev–Trinajstić information content (AvgIpc) is 2.47. The molecule has 19 heavy (non-hydrogen) atoms. The van der Waals surface area contributed by atoms with Crippen LogP contribution in [0.15, 0.2) is 48.5 Å². The molecule has 0 saturated carbocycles. The van der Waals surface area contributed by atoms with E-state index in [2.05, 4.69) is 9.97 Å². The smallest absolute Gasteiger partial charge is 0.193 e. The first kappa shape index (κ1) is 11.8. The van der Waals surface area contributed by atoms with E-state index in [1.807, 2.05) is 36.4 Å². The van der Waals surface area contributed by atoms with E-state index in [0.29, 0.717) is 16.8 Å². The van der Waals surface area contributed by atoms with Crippen molar-refractivity contribution < 1.29 is 4.79 Å². The minimum atomic E-state index is 0.175. The second-order valence-electron chi connectivity index (χ2n) is 4.08. The molecule has 0 N–H and O–H groups in total. The van der Waals surface area contributed by atoms with Crippen molar-refractivity contribution in [3.05, 3.63) is 59.4 Å². The summed E-state index contributed by atoms with van der Waals surface area (Å²) in [4.78, 5) is 19.4. The first-order chi connectivity index (χ1) is 9.28. The fraction of sp³-hybridized carbons (Fsp3) is 0. The molecule has 0 bridgehead atoms. The van der Waals surface area contributed by atoms with Gasteiger partial charge in [-0.15, -0.1) is 0 Å². The van der Waals surface area contributed by atoms with Crippen molar-refractivity contribution in [2.24, 2.45) is 0 Å². The maximum Gasteiger partial charge on any atom is 0.193 e. The van der Waals surface area contributed by atoms with Crippen LogP contribution in [0.1, 0.15) is 10.6 Å². The van der Waals surface area contributed by atoms with Gasteiger partial charge in [0.05, 0.1) is 11.2 Å². The quantitative estimate of drug-likeness (QED) is 0.665. The van der Waals surface area contributed by atoms with Gasteiger partial charge in [-0.3, -0.25) is 4.79 Å². The second-order valence-corrected chi connectivity index (χ2v) is 4.51. The van der Waals surface area contributed by atoms with Gasteiger partial charge in [-0.2, -0.15) is 0 Å². The van der Waals surface area contributed by atoms with Crippen LogP contribution in [-0.4, -0.2) is 16.3 Å². The maximum atomic E-state index is 10.9. The lowest BCUT2D eigenvalue weighted by atomic mass is 10.1. The van der Waals surface area contributed by atoms with Crippen molar-refractivity contribution in [1.29, 1.82) is 0 Å². The second kappa shape index (κ2) is 4.78. The van der Waals surface area contributed by atoms with Crippen molar-refractivity contribution in [3.8, 4) is 11.3 Å². The standard InChI is InChI=1S/C15H9ClN2O/c16-11-6-7-13-12(8-11)15(18-14(9-19)17-13)10-4-2-1-3-5-10/h1-9H. The Balaban J connectivity index is 2.38. The van der Waals surface area contributed by atoms with Crippen molar-refractivity contribution in [3.63, 3.8) is 0 Å². The monoisotopic (exact) mass is 268 g/mol. The van der Waals surface area contributed by atoms with Crippen LogP contribution in [0.2, 0.25) is 5.02 Å². The highest BCUT2D eigenvalue weighted by Crippen LogP contribution is 2.27.